The minimum absolute atomic E-state index is 0.343. The fourth-order valence-corrected chi connectivity index (χ4v) is 3.20. The summed E-state index contributed by atoms with van der Waals surface area (Å²) in [5.41, 5.74) is 4.17. The first-order chi connectivity index (χ1) is 7.19. The lowest BCUT2D eigenvalue weighted by Gasteiger charge is -2.29. The second-order valence-electron chi connectivity index (χ2n) is 7.67. The maximum absolute atomic E-state index is 2.40. The Labute approximate surface area is 101 Å². The quantitative estimate of drug-likeness (QED) is 0.538. The molecule has 16 heavy (non-hydrogen) atoms. The van der Waals surface area contributed by atoms with Crippen LogP contribution in [0.4, 0.5) is 0 Å². The molecule has 0 radical (unpaired) electrons. The zero-order valence-electron chi connectivity index (χ0n) is 11.7. The van der Waals surface area contributed by atoms with E-state index in [-0.39, 0.29) is 0 Å². The van der Waals surface area contributed by atoms with Crippen molar-refractivity contribution in [2.75, 3.05) is 0 Å². The van der Waals surface area contributed by atoms with E-state index >= 15 is 0 Å². The van der Waals surface area contributed by atoms with Crippen molar-refractivity contribution in [1.29, 1.82) is 0 Å². The van der Waals surface area contributed by atoms with Crippen molar-refractivity contribution in [3.8, 4) is 0 Å². The highest BCUT2D eigenvalue weighted by molar-refractivity contribution is 5.40. The van der Waals surface area contributed by atoms with Gasteiger partial charge in [0.05, 0.1) is 0 Å². The highest BCUT2D eigenvalue weighted by Gasteiger charge is 2.41. The average Bonchev–Trinajstić information content (AvgIpc) is 2.53. The second kappa shape index (κ2) is 3.48. The molecule has 90 valence electrons. The summed E-state index contributed by atoms with van der Waals surface area (Å²) in [5.74, 6) is 1.64. The molecule has 0 amide bonds. The lowest BCUT2D eigenvalue weighted by molar-refractivity contribution is 0.240. The minimum atomic E-state index is 0.343. The van der Waals surface area contributed by atoms with Gasteiger partial charge in [-0.15, -0.1) is 0 Å². The average molecular weight is 218 g/mol. The Bertz CT molecular complexity index is 341. The van der Waals surface area contributed by atoms with E-state index in [9.17, 15) is 0 Å². The summed E-state index contributed by atoms with van der Waals surface area (Å²) in [6, 6.07) is 0. The fourth-order valence-electron chi connectivity index (χ4n) is 3.20. The standard InChI is InChI=1S/C16H26/c1-15(2,3)12-9-11-7-8-14(13(11)10-12)16(4,5)6/h7-8,12-13H,9-10H2,1-6H3. The summed E-state index contributed by atoms with van der Waals surface area (Å²) < 4.78 is 0. The molecule has 0 bridgehead atoms. The van der Waals surface area contributed by atoms with Crippen LogP contribution in [0.2, 0.25) is 0 Å². The van der Waals surface area contributed by atoms with Crippen LogP contribution in [0.15, 0.2) is 23.3 Å². The van der Waals surface area contributed by atoms with E-state index < -0.39 is 0 Å². The molecule has 0 saturated heterocycles. The normalized spacial score (nSPS) is 30.1. The van der Waals surface area contributed by atoms with Crippen LogP contribution in [-0.4, -0.2) is 0 Å². The molecule has 0 heterocycles. The van der Waals surface area contributed by atoms with Gasteiger partial charge >= 0.3 is 0 Å². The van der Waals surface area contributed by atoms with E-state index in [0.717, 1.165) is 11.8 Å². The third-order valence-electron chi connectivity index (χ3n) is 4.39. The molecule has 2 rings (SSSR count). The lowest BCUT2D eigenvalue weighted by atomic mass is 9.75. The van der Waals surface area contributed by atoms with Gasteiger partial charge in [0.25, 0.3) is 0 Å². The predicted molar refractivity (Wildman–Crippen MR) is 71.3 cm³/mol. The maximum Gasteiger partial charge on any atom is 0.00215 e. The maximum atomic E-state index is 2.40. The monoisotopic (exact) mass is 218 g/mol. The Hall–Kier alpha value is -0.520. The van der Waals surface area contributed by atoms with Gasteiger partial charge in [-0.05, 0) is 29.6 Å². The second-order valence-corrected chi connectivity index (χ2v) is 7.67. The summed E-state index contributed by atoms with van der Waals surface area (Å²) in [4.78, 5) is 0. The molecule has 2 aliphatic carbocycles. The molecule has 0 spiro atoms. The number of rotatable bonds is 0. The van der Waals surface area contributed by atoms with E-state index in [0.29, 0.717) is 10.8 Å². The number of fused-ring (bicyclic) bond motifs is 1. The molecule has 0 aromatic rings. The Morgan fingerprint density at radius 3 is 2.12 bits per heavy atom. The Morgan fingerprint density at radius 1 is 1.00 bits per heavy atom. The zero-order valence-corrected chi connectivity index (χ0v) is 11.7. The lowest BCUT2D eigenvalue weighted by Crippen LogP contribution is -2.19. The fraction of sp³-hybridized carbons (Fsp3) is 0.750. The first kappa shape index (κ1) is 12.0. The molecular formula is C16H26. The minimum Gasteiger partial charge on any atom is -0.0627 e. The van der Waals surface area contributed by atoms with Gasteiger partial charge in [0, 0.05) is 5.92 Å². The Kier molecular flexibility index (Phi) is 2.60. The van der Waals surface area contributed by atoms with Crippen LogP contribution < -0.4 is 0 Å². The van der Waals surface area contributed by atoms with Crippen LogP contribution in [0.25, 0.3) is 0 Å². The molecule has 2 atom stereocenters. The van der Waals surface area contributed by atoms with Crippen LogP contribution in [0, 0.1) is 22.7 Å². The van der Waals surface area contributed by atoms with Gasteiger partial charge in [-0.2, -0.15) is 0 Å². The Balaban J connectivity index is 2.16. The van der Waals surface area contributed by atoms with E-state index in [1.54, 1.807) is 11.1 Å². The molecule has 2 unspecified atom stereocenters. The van der Waals surface area contributed by atoms with Gasteiger partial charge in [-0.25, -0.2) is 0 Å². The summed E-state index contributed by atoms with van der Waals surface area (Å²) in [5, 5.41) is 0. The summed E-state index contributed by atoms with van der Waals surface area (Å²) >= 11 is 0. The largest absolute Gasteiger partial charge is 0.0627 e. The molecule has 1 saturated carbocycles. The number of allylic oxidation sites excluding steroid dienone is 4. The van der Waals surface area contributed by atoms with Crippen LogP contribution >= 0.6 is 0 Å². The van der Waals surface area contributed by atoms with Crippen molar-refractivity contribution < 1.29 is 0 Å². The van der Waals surface area contributed by atoms with Crippen LogP contribution in [-0.2, 0) is 0 Å². The van der Waals surface area contributed by atoms with Gasteiger partial charge in [-0.3, -0.25) is 0 Å². The predicted octanol–water partition coefficient (Wildman–Crippen LogP) is 4.97. The molecule has 0 aliphatic heterocycles. The van der Waals surface area contributed by atoms with Crippen LogP contribution in [0.3, 0.4) is 0 Å². The topological polar surface area (TPSA) is 0 Å². The van der Waals surface area contributed by atoms with Gasteiger partial charge in [0.1, 0.15) is 0 Å². The molecule has 1 fully saturated rings. The van der Waals surface area contributed by atoms with E-state index in [1.807, 2.05) is 0 Å². The smallest absolute Gasteiger partial charge is 0.00215 e. The molecule has 2 aliphatic rings. The van der Waals surface area contributed by atoms with Gasteiger partial charge in [0.2, 0.25) is 0 Å². The van der Waals surface area contributed by atoms with Gasteiger partial charge in [-0.1, -0.05) is 64.8 Å². The zero-order chi connectivity index (χ0) is 12.1. The molecule has 0 heteroatoms. The van der Waals surface area contributed by atoms with Gasteiger partial charge in [0.15, 0.2) is 0 Å². The van der Waals surface area contributed by atoms with E-state index in [1.165, 1.54) is 12.8 Å². The molecule has 0 aromatic heterocycles. The first-order valence-corrected chi connectivity index (χ1v) is 6.61. The molecule has 0 aromatic carbocycles. The van der Waals surface area contributed by atoms with Crippen molar-refractivity contribution >= 4 is 0 Å². The number of hydrogen-bond donors (Lipinski definition) is 0. The third-order valence-corrected chi connectivity index (χ3v) is 4.39. The van der Waals surface area contributed by atoms with Crippen molar-refractivity contribution in [2.45, 2.75) is 54.4 Å². The molecular weight excluding hydrogens is 192 g/mol. The summed E-state index contributed by atoms with van der Waals surface area (Å²) in [7, 11) is 0. The third kappa shape index (κ3) is 1.99. The SMILES string of the molecule is CC(C)(C)C1=CC=C2CC(C(C)(C)C)CC21. The van der Waals surface area contributed by atoms with Crippen LogP contribution in [0.1, 0.15) is 54.4 Å². The van der Waals surface area contributed by atoms with Crippen LogP contribution in [0.5, 0.6) is 0 Å². The van der Waals surface area contributed by atoms with E-state index in [4.69, 9.17) is 0 Å². The van der Waals surface area contributed by atoms with Crippen molar-refractivity contribution in [3.05, 3.63) is 23.3 Å². The highest BCUT2D eigenvalue weighted by atomic mass is 14.5. The Morgan fingerprint density at radius 2 is 1.62 bits per heavy atom. The number of hydrogen-bond acceptors (Lipinski definition) is 0. The van der Waals surface area contributed by atoms with Crippen molar-refractivity contribution in [1.82, 2.24) is 0 Å². The summed E-state index contributed by atoms with van der Waals surface area (Å²) in [6.07, 6.45) is 7.48. The molecule has 0 nitrogen and oxygen atoms in total. The summed E-state index contributed by atoms with van der Waals surface area (Å²) in [6.45, 7) is 14.2. The van der Waals surface area contributed by atoms with Crippen molar-refractivity contribution in [3.63, 3.8) is 0 Å². The highest BCUT2D eigenvalue weighted by Crippen LogP contribution is 2.53. The first-order valence-electron chi connectivity index (χ1n) is 6.61. The van der Waals surface area contributed by atoms with Crippen molar-refractivity contribution in [2.24, 2.45) is 22.7 Å². The van der Waals surface area contributed by atoms with Gasteiger partial charge < -0.3 is 0 Å². The molecule has 0 N–H and O–H groups in total. The van der Waals surface area contributed by atoms with E-state index in [2.05, 4.69) is 53.7 Å².